The summed E-state index contributed by atoms with van der Waals surface area (Å²) in [5.41, 5.74) is 1.28. The molecule has 0 saturated heterocycles. The molecule has 0 fully saturated rings. The van der Waals surface area contributed by atoms with Crippen molar-refractivity contribution in [3.05, 3.63) is 48.0 Å². The SMILES string of the molecule is CC(CN(C)C)CN1c2ccccc2Sc2ccc(C(=O)C(F)(F)F)cc21. The molecule has 0 spiro atoms. The van der Waals surface area contributed by atoms with Gasteiger partial charge in [-0.2, -0.15) is 13.2 Å². The number of hydrogen-bond donors (Lipinski definition) is 0. The molecule has 0 radical (unpaired) electrons. The van der Waals surface area contributed by atoms with E-state index in [1.165, 1.54) is 23.9 Å². The Morgan fingerprint density at radius 3 is 2.44 bits per heavy atom. The van der Waals surface area contributed by atoms with Gasteiger partial charge in [0, 0.05) is 28.4 Å². The van der Waals surface area contributed by atoms with E-state index < -0.39 is 12.0 Å². The Labute approximate surface area is 161 Å². The zero-order valence-electron chi connectivity index (χ0n) is 15.4. The lowest BCUT2D eigenvalue weighted by Gasteiger charge is -2.35. The van der Waals surface area contributed by atoms with Crippen molar-refractivity contribution < 1.29 is 18.0 Å². The lowest BCUT2D eigenvalue weighted by molar-refractivity contribution is -0.0885. The fourth-order valence-electron chi connectivity index (χ4n) is 3.32. The second kappa shape index (κ2) is 7.56. The summed E-state index contributed by atoms with van der Waals surface area (Å²) in [6.45, 7) is 3.60. The first-order chi connectivity index (χ1) is 12.7. The fraction of sp³-hybridized carbons (Fsp3) is 0.350. The number of carbonyl (C=O) groups is 1. The van der Waals surface area contributed by atoms with E-state index in [0.717, 1.165) is 22.0 Å². The van der Waals surface area contributed by atoms with Crippen LogP contribution in [0, 0.1) is 5.92 Å². The Bertz CT molecular complexity index is 851. The lowest BCUT2D eigenvalue weighted by atomic mass is 10.1. The molecule has 27 heavy (non-hydrogen) atoms. The van der Waals surface area contributed by atoms with E-state index in [2.05, 4.69) is 11.8 Å². The van der Waals surface area contributed by atoms with Gasteiger partial charge in [0.05, 0.1) is 11.4 Å². The predicted molar refractivity (Wildman–Crippen MR) is 102 cm³/mol. The number of halogens is 3. The highest BCUT2D eigenvalue weighted by atomic mass is 32.2. The molecule has 3 nitrogen and oxygen atoms in total. The third-order valence-corrected chi connectivity index (χ3v) is 5.45. The molecule has 1 aliphatic heterocycles. The van der Waals surface area contributed by atoms with Crippen LogP contribution < -0.4 is 4.90 Å². The molecule has 0 aromatic heterocycles. The van der Waals surface area contributed by atoms with Crippen molar-refractivity contribution in [1.82, 2.24) is 4.90 Å². The van der Waals surface area contributed by atoms with Gasteiger partial charge in [-0.25, -0.2) is 0 Å². The number of carbonyl (C=O) groups excluding carboxylic acids is 1. The Kier molecular flexibility index (Phi) is 5.53. The van der Waals surface area contributed by atoms with Gasteiger partial charge in [0.25, 0.3) is 5.78 Å². The standard InChI is InChI=1S/C20H21F3N2OS/c1-13(11-24(2)3)12-25-15-6-4-5-7-17(15)27-18-9-8-14(10-16(18)25)19(26)20(21,22)23/h4-10,13H,11-12H2,1-3H3. The van der Waals surface area contributed by atoms with Crippen LogP contribution in [-0.2, 0) is 0 Å². The van der Waals surface area contributed by atoms with Gasteiger partial charge < -0.3 is 9.80 Å². The third kappa shape index (κ3) is 4.30. The van der Waals surface area contributed by atoms with Crippen LogP contribution >= 0.6 is 11.8 Å². The average molecular weight is 394 g/mol. The van der Waals surface area contributed by atoms with Gasteiger partial charge in [-0.15, -0.1) is 0 Å². The number of fused-ring (bicyclic) bond motifs is 2. The van der Waals surface area contributed by atoms with E-state index >= 15 is 0 Å². The minimum atomic E-state index is -4.88. The Morgan fingerprint density at radius 1 is 1.11 bits per heavy atom. The molecule has 0 N–H and O–H groups in total. The molecule has 0 bridgehead atoms. The number of benzene rings is 2. The molecule has 3 rings (SSSR count). The van der Waals surface area contributed by atoms with Crippen molar-refractivity contribution in [2.24, 2.45) is 5.92 Å². The highest BCUT2D eigenvalue weighted by Crippen LogP contribution is 2.48. The van der Waals surface area contributed by atoms with Crippen LogP contribution in [0.15, 0.2) is 52.3 Å². The minimum Gasteiger partial charge on any atom is -0.339 e. The van der Waals surface area contributed by atoms with Crippen LogP contribution in [0.25, 0.3) is 0 Å². The molecule has 0 amide bonds. The van der Waals surface area contributed by atoms with Gasteiger partial charge >= 0.3 is 6.18 Å². The Hall–Kier alpha value is -1.99. The maximum atomic E-state index is 12.9. The van der Waals surface area contributed by atoms with Crippen LogP contribution in [0.3, 0.4) is 0 Å². The van der Waals surface area contributed by atoms with E-state index in [4.69, 9.17) is 0 Å². The first-order valence-electron chi connectivity index (χ1n) is 8.61. The zero-order chi connectivity index (χ0) is 19.8. The second-order valence-corrected chi connectivity index (χ2v) is 8.14. The van der Waals surface area contributed by atoms with Crippen molar-refractivity contribution in [3.63, 3.8) is 0 Å². The van der Waals surface area contributed by atoms with Crippen LogP contribution in [-0.4, -0.2) is 44.0 Å². The summed E-state index contributed by atoms with van der Waals surface area (Å²) in [6.07, 6.45) is -4.88. The third-order valence-electron chi connectivity index (χ3n) is 4.32. The number of anilines is 2. The van der Waals surface area contributed by atoms with E-state index in [9.17, 15) is 18.0 Å². The summed E-state index contributed by atoms with van der Waals surface area (Å²) in [6, 6.07) is 12.1. The Balaban J connectivity index is 2.03. The van der Waals surface area contributed by atoms with E-state index in [1.807, 2.05) is 43.3 Å². The van der Waals surface area contributed by atoms with Gasteiger partial charge in [-0.3, -0.25) is 4.79 Å². The molecule has 1 heterocycles. The fourth-order valence-corrected chi connectivity index (χ4v) is 4.40. The zero-order valence-corrected chi connectivity index (χ0v) is 16.2. The van der Waals surface area contributed by atoms with Crippen molar-refractivity contribution in [2.45, 2.75) is 22.9 Å². The van der Waals surface area contributed by atoms with E-state index in [0.29, 0.717) is 12.2 Å². The largest absolute Gasteiger partial charge is 0.454 e. The molecule has 1 unspecified atom stereocenters. The minimum absolute atomic E-state index is 0.283. The van der Waals surface area contributed by atoms with Gasteiger partial charge in [0.2, 0.25) is 0 Å². The molecule has 144 valence electrons. The number of alkyl halides is 3. The van der Waals surface area contributed by atoms with Crippen LogP contribution in [0.1, 0.15) is 17.3 Å². The summed E-state index contributed by atoms with van der Waals surface area (Å²) in [4.78, 5) is 17.7. The van der Waals surface area contributed by atoms with Crippen LogP contribution in [0.5, 0.6) is 0 Å². The number of para-hydroxylation sites is 1. The molecule has 7 heteroatoms. The van der Waals surface area contributed by atoms with Gasteiger partial charge in [0.15, 0.2) is 0 Å². The summed E-state index contributed by atoms with van der Waals surface area (Å²) >= 11 is 1.51. The molecule has 1 aliphatic rings. The number of Topliss-reactive ketones (excluding diaryl/α,β-unsaturated/α-hetero) is 1. The smallest absolute Gasteiger partial charge is 0.339 e. The normalized spacial score (nSPS) is 14.7. The summed E-state index contributed by atoms with van der Waals surface area (Å²) in [5.74, 6) is -1.53. The highest BCUT2D eigenvalue weighted by molar-refractivity contribution is 7.99. The lowest BCUT2D eigenvalue weighted by Crippen LogP contribution is -2.32. The molecule has 1 atom stereocenters. The average Bonchev–Trinajstić information content (AvgIpc) is 2.59. The summed E-state index contributed by atoms with van der Waals surface area (Å²) in [7, 11) is 3.98. The number of rotatable bonds is 5. The maximum absolute atomic E-state index is 12.9. The van der Waals surface area contributed by atoms with Crippen molar-refractivity contribution in [1.29, 1.82) is 0 Å². The van der Waals surface area contributed by atoms with Crippen molar-refractivity contribution >= 4 is 28.9 Å². The second-order valence-electron chi connectivity index (χ2n) is 7.06. The monoisotopic (exact) mass is 394 g/mol. The van der Waals surface area contributed by atoms with Gasteiger partial charge in [-0.1, -0.05) is 30.8 Å². The highest BCUT2D eigenvalue weighted by Gasteiger charge is 2.40. The molecular formula is C20H21F3N2OS. The molecule has 2 aromatic carbocycles. The molecule has 0 aliphatic carbocycles. The van der Waals surface area contributed by atoms with E-state index in [1.54, 1.807) is 6.07 Å². The van der Waals surface area contributed by atoms with Crippen molar-refractivity contribution in [3.8, 4) is 0 Å². The quantitative estimate of drug-likeness (QED) is 0.648. The Morgan fingerprint density at radius 2 is 1.78 bits per heavy atom. The molecular weight excluding hydrogens is 373 g/mol. The number of nitrogens with zero attached hydrogens (tertiary/aromatic N) is 2. The summed E-state index contributed by atoms with van der Waals surface area (Å²) < 4.78 is 38.6. The molecule has 2 aromatic rings. The number of hydrogen-bond acceptors (Lipinski definition) is 4. The van der Waals surface area contributed by atoms with Crippen LogP contribution in [0.4, 0.5) is 24.5 Å². The first-order valence-corrected chi connectivity index (χ1v) is 9.43. The predicted octanol–water partition coefficient (Wildman–Crippen LogP) is 5.23. The maximum Gasteiger partial charge on any atom is 0.454 e. The summed E-state index contributed by atoms with van der Waals surface area (Å²) in [5, 5.41) is 0. The van der Waals surface area contributed by atoms with Crippen LogP contribution in [0.2, 0.25) is 0 Å². The van der Waals surface area contributed by atoms with Gasteiger partial charge in [-0.05, 0) is 50.3 Å². The first kappa shape index (κ1) is 19.8. The molecule has 0 saturated carbocycles. The van der Waals surface area contributed by atoms with Crippen molar-refractivity contribution in [2.75, 3.05) is 32.1 Å². The van der Waals surface area contributed by atoms with E-state index in [-0.39, 0.29) is 11.5 Å². The topological polar surface area (TPSA) is 23.6 Å². The van der Waals surface area contributed by atoms with Gasteiger partial charge in [0.1, 0.15) is 0 Å². The number of ketones is 1.